The second-order valence-corrected chi connectivity index (χ2v) is 7.21. The monoisotopic (exact) mass is 314 g/mol. The number of methoxy groups -OCH3 is 1. The predicted octanol–water partition coefficient (Wildman–Crippen LogP) is 1.11. The van der Waals surface area contributed by atoms with Gasteiger partial charge >= 0.3 is 0 Å². The van der Waals surface area contributed by atoms with Crippen molar-refractivity contribution in [1.29, 1.82) is 0 Å². The van der Waals surface area contributed by atoms with Crippen molar-refractivity contribution in [3.05, 3.63) is 18.2 Å². The lowest BCUT2D eigenvalue weighted by molar-refractivity contribution is 0.102. The highest BCUT2D eigenvalue weighted by atomic mass is 32.2. The van der Waals surface area contributed by atoms with Gasteiger partial charge in [-0.05, 0) is 43.4 Å². The van der Waals surface area contributed by atoms with Crippen LogP contribution in [0.2, 0.25) is 0 Å². The SMILES string of the molecule is COc1ccc(S(=O)(=O)NCC2CCCC(O)C2)cc1N. The first-order chi connectivity index (χ1) is 9.92. The highest BCUT2D eigenvalue weighted by Crippen LogP contribution is 2.26. The fourth-order valence-corrected chi connectivity index (χ4v) is 3.79. The summed E-state index contributed by atoms with van der Waals surface area (Å²) in [5.41, 5.74) is 6.02. The first-order valence-corrected chi connectivity index (χ1v) is 8.52. The summed E-state index contributed by atoms with van der Waals surface area (Å²) in [6.07, 6.45) is 3.00. The minimum atomic E-state index is -3.59. The van der Waals surface area contributed by atoms with Gasteiger partial charge in [-0.1, -0.05) is 6.42 Å². The molecule has 2 unspecified atom stereocenters. The molecule has 0 spiro atoms. The summed E-state index contributed by atoms with van der Waals surface area (Å²) in [4.78, 5) is 0.122. The van der Waals surface area contributed by atoms with Gasteiger partial charge in [-0.2, -0.15) is 0 Å². The van der Waals surface area contributed by atoms with Crippen molar-refractivity contribution < 1.29 is 18.3 Å². The number of nitrogen functional groups attached to an aromatic ring is 1. The number of rotatable bonds is 5. The van der Waals surface area contributed by atoms with E-state index in [2.05, 4.69) is 4.72 Å². The van der Waals surface area contributed by atoms with Crippen molar-refractivity contribution in [3.8, 4) is 5.75 Å². The van der Waals surface area contributed by atoms with Crippen molar-refractivity contribution in [3.63, 3.8) is 0 Å². The lowest BCUT2D eigenvalue weighted by Crippen LogP contribution is -2.33. The van der Waals surface area contributed by atoms with Crippen LogP contribution < -0.4 is 15.2 Å². The fourth-order valence-electron chi connectivity index (χ4n) is 2.64. The van der Waals surface area contributed by atoms with Crippen molar-refractivity contribution >= 4 is 15.7 Å². The van der Waals surface area contributed by atoms with E-state index < -0.39 is 10.0 Å². The van der Waals surface area contributed by atoms with Crippen LogP contribution >= 0.6 is 0 Å². The molecule has 1 aliphatic rings. The van der Waals surface area contributed by atoms with E-state index in [1.165, 1.54) is 25.3 Å². The van der Waals surface area contributed by atoms with Crippen LogP contribution in [0.15, 0.2) is 23.1 Å². The molecule has 1 fully saturated rings. The Labute approximate surface area is 125 Å². The number of aliphatic hydroxyl groups excluding tert-OH is 1. The number of aliphatic hydroxyl groups is 1. The zero-order valence-electron chi connectivity index (χ0n) is 12.1. The normalized spacial score (nSPS) is 23.0. The van der Waals surface area contributed by atoms with Crippen LogP contribution in [0.3, 0.4) is 0 Å². The molecule has 4 N–H and O–H groups in total. The third-order valence-corrected chi connectivity index (χ3v) is 5.25. The van der Waals surface area contributed by atoms with Crippen molar-refractivity contribution in [2.24, 2.45) is 5.92 Å². The van der Waals surface area contributed by atoms with Crippen molar-refractivity contribution in [2.45, 2.75) is 36.7 Å². The molecule has 0 heterocycles. The lowest BCUT2D eigenvalue weighted by atomic mass is 9.87. The van der Waals surface area contributed by atoms with Gasteiger partial charge in [0.05, 0.1) is 23.8 Å². The summed E-state index contributed by atoms with van der Waals surface area (Å²) in [5, 5.41) is 9.61. The van der Waals surface area contributed by atoms with Crippen LogP contribution in [0, 0.1) is 5.92 Å². The molecule has 118 valence electrons. The maximum atomic E-state index is 12.2. The molecule has 21 heavy (non-hydrogen) atoms. The van der Waals surface area contributed by atoms with Gasteiger partial charge in [0.2, 0.25) is 10.0 Å². The van der Waals surface area contributed by atoms with Gasteiger partial charge in [0.1, 0.15) is 5.75 Å². The molecule has 1 aromatic carbocycles. The molecule has 1 saturated carbocycles. The van der Waals surface area contributed by atoms with Crippen LogP contribution in [0.1, 0.15) is 25.7 Å². The van der Waals surface area contributed by atoms with Gasteiger partial charge in [0.15, 0.2) is 0 Å². The molecule has 0 radical (unpaired) electrons. The number of nitrogens with two attached hydrogens (primary N) is 1. The van der Waals surface area contributed by atoms with Gasteiger partial charge in [-0.25, -0.2) is 13.1 Å². The van der Waals surface area contributed by atoms with Crippen molar-refractivity contribution in [2.75, 3.05) is 19.4 Å². The maximum Gasteiger partial charge on any atom is 0.240 e. The number of sulfonamides is 1. The molecule has 1 aliphatic carbocycles. The summed E-state index contributed by atoms with van der Waals surface area (Å²) in [6, 6.07) is 4.39. The first kappa shape index (κ1) is 16.1. The molecule has 0 aromatic heterocycles. The minimum Gasteiger partial charge on any atom is -0.495 e. The molecule has 1 aromatic rings. The Balaban J connectivity index is 2.02. The van der Waals surface area contributed by atoms with E-state index >= 15 is 0 Å². The lowest BCUT2D eigenvalue weighted by Gasteiger charge is -2.25. The van der Waals surface area contributed by atoms with Crippen LogP contribution in [-0.2, 0) is 10.0 Å². The number of hydrogen-bond donors (Lipinski definition) is 3. The third kappa shape index (κ3) is 4.09. The quantitative estimate of drug-likeness (QED) is 0.707. The Morgan fingerprint density at radius 1 is 1.43 bits per heavy atom. The Bertz CT molecular complexity index is 589. The smallest absolute Gasteiger partial charge is 0.240 e. The molecular formula is C14H22N2O4S. The molecular weight excluding hydrogens is 292 g/mol. The minimum absolute atomic E-state index is 0.122. The molecule has 0 saturated heterocycles. The molecule has 2 rings (SSSR count). The van der Waals surface area contributed by atoms with Crippen LogP contribution in [0.4, 0.5) is 5.69 Å². The van der Waals surface area contributed by atoms with E-state index in [4.69, 9.17) is 10.5 Å². The first-order valence-electron chi connectivity index (χ1n) is 7.03. The summed E-state index contributed by atoms with van der Waals surface area (Å²) in [6.45, 7) is 0.339. The largest absolute Gasteiger partial charge is 0.495 e. The molecule has 0 amide bonds. The van der Waals surface area contributed by atoms with E-state index in [0.717, 1.165) is 19.3 Å². The van der Waals surface area contributed by atoms with Crippen LogP contribution in [-0.4, -0.2) is 33.3 Å². The molecule has 7 heteroatoms. The molecule has 0 bridgehead atoms. The standard InChI is InChI=1S/C14H22N2O4S/c1-20-14-6-5-12(8-13(14)15)21(18,19)16-9-10-3-2-4-11(17)7-10/h5-6,8,10-11,16-17H,2-4,7,9,15H2,1H3. The Hall–Kier alpha value is -1.31. The van der Waals surface area contributed by atoms with E-state index in [1.54, 1.807) is 0 Å². The predicted molar refractivity (Wildman–Crippen MR) is 80.6 cm³/mol. The van der Waals surface area contributed by atoms with Crippen LogP contribution in [0.25, 0.3) is 0 Å². The van der Waals surface area contributed by atoms with E-state index in [0.29, 0.717) is 18.7 Å². The Morgan fingerprint density at radius 3 is 2.81 bits per heavy atom. The second kappa shape index (κ2) is 6.64. The van der Waals surface area contributed by atoms with E-state index in [-0.39, 0.29) is 22.6 Å². The summed E-state index contributed by atoms with van der Waals surface area (Å²) in [7, 11) is -2.11. The van der Waals surface area contributed by atoms with Crippen LogP contribution in [0.5, 0.6) is 5.75 Å². The molecule has 6 nitrogen and oxygen atoms in total. The van der Waals surface area contributed by atoms with Crippen molar-refractivity contribution in [1.82, 2.24) is 4.72 Å². The number of hydrogen-bond acceptors (Lipinski definition) is 5. The number of ether oxygens (including phenoxy) is 1. The summed E-state index contributed by atoms with van der Waals surface area (Å²) in [5.74, 6) is 0.628. The highest BCUT2D eigenvalue weighted by Gasteiger charge is 2.23. The number of nitrogens with one attached hydrogen (secondary N) is 1. The Kier molecular flexibility index (Phi) is 5.08. The maximum absolute atomic E-state index is 12.2. The van der Waals surface area contributed by atoms with Gasteiger partial charge in [-0.15, -0.1) is 0 Å². The molecule has 0 aliphatic heterocycles. The zero-order valence-corrected chi connectivity index (χ0v) is 12.9. The average molecular weight is 314 g/mol. The summed E-state index contributed by atoms with van der Waals surface area (Å²) < 4.78 is 32.1. The number of anilines is 1. The second-order valence-electron chi connectivity index (χ2n) is 5.44. The number of benzene rings is 1. The summed E-state index contributed by atoms with van der Waals surface area (Å²) >= 11 is 0. The topological polar surface area (TPSA) is 102 Å². The average Bonchev–Trinajstić information content (AvgIpc) is 2.45. The van der Waals surface area contributed by atoms with Gasteiger partial charge < -0.3 is 15.6 Å². The van der Waals surface area contributed by atoms with E-state index in [9.17, 15) is 13.5 Å². The third-order valence-electron chi connectivity index (χ3n) is 3.83. The van der Waals surface area contributed by atoms with E-state index in [1.807, 2.05) is 0 Å². The molecule has 2 atom stereocenters. The van der Waals surface area contributed by atoms with Gasteiger partial charge in [-0.3, -0.25) is 0 Å². The van der Waals surface area contributed by atoms with Gasteiger partial charge in [0.25, 0.3) is 0 Å². The Morgan fingerprint density at radius 2 is 2.19 bits per heavy atom. The fraction of sp³-hybridized carbons (Fsp3) is 0.571. The van der Waals surface area contributed by atoms with Gasteiger partial charge in [0, 0.05) is 6.54 Å². The zero-order chi connectivity index (χ0) is 15.5. The highest BCUT2D eigenvalue weighted by molar-refractivity contribution is 7.89.